The van der Waals surface area contributed by atoms with E-state index in [1.165, 1.54) is 12.8 Å². The zero-order valence-corrected chi connectivity index (χ0v) is 9.24. The van der Waals surface area contributed by atoms with Crippen molar-refractivity contribution in [2.45, 2.75) is 18.9 Å². The predicted octanol–water partition coefficient (Wildman–Crippen LogP) is 2.96. The Labute approximate surface area is 97.6 Å². The highest BCUT2D eigenvalue weighted by molar-refractivity contribution is 6.30. The van der Waals surface area contributed by atoms with Crippen LogP contribution < -0.4 is 5.32 Å². The fourth-order valence-electron chi connectivity index (χ4n) is 1.43. The third-order valence-electron chi connectivity index (χ3n) is 2.41. The van der Waals surface area contributed by atoms with Crippen LogP contribution in [0.15, 0.2) is 28.8 Å². The minimum absolute atomic E-state index is 0.484. The maximum absolute atomic E-state index is 5.89. The van der Waals surface area contributed by atoms with Crippen LogP contribution in [0.4, 0.5) is 6.01 Å². The summed E-state index contributed by atoms with van der Waals surface area (Å²) in [5, 5.41) is 7.71. The quantitative estimate of drug-likeness (QED) is 0.889. The van der Waals surface area contributed by atoms with Crippen LogP contribution in [0.5, 0.6) is 0 Å². The average molecular weight is 236 g/mol. The van der Waals surface area contributed by atoms with E-state index in [9.17, 15) is 0 Å². The van der Waals surface area contributed by atoms with E-state index >= 15 is 0 Å². The molecule has 0 spiro atoms. The largest absolute Gasteiger partial charge is 0.335 e. The van der Waals surface area contributed by atoms with E-state index in [0.29, 0.717) is 22.9 Å². The summed E-state index contributed by atoms with van der Waals surface area (Å²) < 4.78 is 5.09. The molecule has 82 valence electrons. The Balaban J connectivity index is 1.85. The monoisotopic (exact) mass is 235 g/mol. The number of rotatable bonds is 3. The molecule has 3 rings (SSSR count). The lowest BCUT2D eigenvalue weighted by Gasteiger charge is -1.94. The van der Waals surface area contributed by atoms with Crippen molar-refractivity contribution in [3.8, 4) is 11.4 Å². The second kappa shape index (κ2) is 3.79. The highest BCUT2D eigenvalue weighted by Gasteiger charge is 2.23. The lowest BCUT2D eigenvalue weighted by Crippen LogP contribution is -2.00. The van der Waals surface area contributed by atoms with Gasteiger partial charge in [0.15, 0.2) is 0 Å². The second-order valence-corrected chi connectivity index (χ2v) is 4.29. The van der Waals surface area contributed by atoms with Crippen molar-refractivity contribution in [3.05, 3.63) is 29.3 Å². The molecule has 16 heavy (non-hydrogen) atoms. The van der Waals surface area contributed by atoms with Crippen LogP contribution in [0, 0.1) is 0 Å². The van der Waals surface area contributed by atoms with Crippen LogP contribution in [0.1, 0.15) is 12.8 Å². The molecule has 1 heterocycles. The van der Waals surface area contributed by atoms with Crippen molar-refractivity contribution in [3.63, 3.8) is 0 Å². The summed E-state index contributed by atoms with van der Waals surface area (Å²) >= 11 is 5.89. The van der Waals surface area contributed by atoms with Gasteiger partial charge in [-0.2, -0.15) is 4.98 Å². The summed E-state index contributed by atoms with van der Waals surface area (Å²) in [7, 11) is 0. The van der Waals surface area contributed by atoms with Gasteiger partial charge in [0.05, 0.1) is 0 Å². The molecule has 0 bridgehead atoms. The van der Waals surface area contributed by atoms with E-state index in [4.69, 9.17) is 16.1 Å². The van der Waals surface area contributed by atoms with Crippen molar-refractivity contribution in [1.29, 1.82) is 0 Å². The third kappa shape index (κ3) is 2.02. The fraction of sp³-hybridized carbons (Fsp3) is 0.273. The number of anilines is 1. The first-order valence-electron chi connectivity index (χ1n) is 5.17. The van der Waals surface area contributed by atoms with E-state index in [2.05, 4.69) is 15.5 Å². The number of hydrogen-bond donors (Lipinski definition) is 1. The number of aromatic nitrogens is 2. The van der Waals surface area contributed by atoms with Gasteiger partial charge in [-0.15, -0.1) is 0 Å². The lowest BCUT2D eigenvalue weighted by atomic mass is 10.2. The van der Waals surface area contributed by atoms with E-state index in [1.54, 1.807) is 0 Å². The lowest BCUT2D eigenvalue weighted by molar-refractivity contribution is 0.432. The Morgan fingerprint density at radius 1 is 1.38 bits per heavy atom. The summed E-state index contributed by atoms with van der Waals surface area (Å²) in [5.41, 5.74) is 0.861. The zero-order valence-electron chi connectivity index (χ0n) is 8.48. The first-order valence-corrected chi connectivity index (χ1v) is 5.55. The molecule has 1 aliphatic carbocycles. The Bertz CT molecular complexity index is 507. The number of nitrogens with zero attached hydrogens (tertiary/aromatic N) is 2. The van der Waals surface area contributed by atoms with Crippen LogP contribution in [-0.2, 0) is 0 Å². The van der Waals surface area contributed by atoms with Crippen LogP contribution >= 0.6 is 11.6 Å². The SMILES string of the molecule is Clc1cccc(-c2noc(NC3CC3)n2)c1. The maximum atomic E-state index is 5.89. The molecular formula is C11H10ClN3O. The van der Waals surface area contributed by atoms with Crippen LogP contribution in [-0.4, -0.2) is 16.2 Å². The molecule has 1 N–H and O–H groups in total. The molecule has 1 aromatic heterocycles. The van der Waals surface area contributed by atoms with Gasteiger partial charge in [0, 0.05) is 16.6 Å². The van der Waals surface area contributed by atoms with Gasteiger partial charge < -0.3 is 9.84 Å². The molecule has 1 saturated carbocycles. The Morgan fingerprint density at radius 2 is 2.25 bits per heavy atom. The van der Waals surface area contributed by atoms with Crippen LogP contribution in [0.25, 0.3) is 11.4 Å². The minimum Gasteiger partial charge on any atom is -0.335 e. The van der Waals surface area contributed by atoms with Crippen molar-refractivity contribution >= 4 is 17.6 Å². The number of nitrogens with one attached hydrogen (secondary N) is 1. The van der Waals surface area contributed by atoms with E-state index in [-0.39, 0.29) is 0 Å². The van der Waals surface area contributed by atoms with Crippen LogP contribution in [0.3, 0.4) is 0 Å². The molecule has 5 heteroatoms. The Morgan fingerprint density at radius 3 is 3.00 bits per heavy atom. The average Bonchev–Trinajstić information content (AvgIpc) is 2.94. The predicted molar refractivity (Wildman–Crippen MR) is 61.4 cm³/mol. The summed E-state index contributed by atoms with van der Waals surface area (Å²) in [6.07, 6.45) is 2.35. The third-order valence-corrected chi connectivity index (χ3v) is 2.65. The molecule has 0 unspecified atom stereocenters. The van der Waals surface area contributed by atoms with E-state index in [0.717, 1.165) is 5.56 Å². The van der Waals surface area contributed by atoms with Gasteiger partial charge in [-0.05, 0) is 25.0 Å². The number of halogens is 1. The Hall–Kier alpha value is -1.55. The van der Waals surface area contributed by atoms with Gasteiger partial charge in [-0.25, -0.2) is 0 Å². The molecule has 1 aliphatic rings. The second-order valence-electron chi connectivity index (χ2n) is 3.85. The normalized spacial score (nSPS) is 15.1. The molecule has 2 aromatic rings. The van der Waals surface area contributed by atoms with Crippen LogP contribution in [0.2, 0.25) is 5.02 Å². The maximum Gasteiger partial charge on any atom is 0.322 e. The molecule has 0 aliphatic heterocycles. The first-order chi connectivity index (χ1) is 7.81. The number of hydrogen-bond acceptors (Lipinski definition) is 4. The summed E-state index contributed by atoms with van der Waals surface area (Å²) in [5.74, 6) is 0.561. The summed E-state index contributed by atoms with van der Waals surface area (Å²) in [6.45, 7) is 0. The summed E-state index contributed by atoms with van der Waals surface area (Å²) in [4.78, 5) is 4.25. The molecule has 0 atom stereocenters. The van der Waals surface area contributed by atoms with Crippen molar-refractivity contribution in [1.82, 2.24) is 10.1 Å². The molecular weight excluding hydrogens is 226 g/mol. The molecule has 4 nitrogen and oxygen atoms in total. The fourth-order valence-corrected chi connectivity index (χ4v) is 1.62. The van der Waals surface area contributed by atoms with Gasteiger partial charge >= 0.3 is 6.01 Å². The molecule has 1 aromatic carbocycles. The molecule has 1 fully saturated rings. The van der Waals surface area contributed by atoms with Gasteiger partial charge in [0.1, 0.15) is 0 Å². The highest BCUT2D eigenvalue weighted by Crippen LogP contribution is 2.25. The molecule has 0 saturated heterocycles. The molecule has 0 amide bonds. The van der Waals surface area contributed by atoms with Crippen molar-refractivity contribution in [2.75, 3.05) is 5.32 Å². The first kappa shape index (κ1) is 9.66. The Kier molecular flexibility index (Phi) is 2.29. The smallest absolute Gasteiger partial charge is 0.322 e. The van der Waals surface area contributed by atoms with Gasteiger partial charge in [0.2, 0.25) is 5.82 Å². The zero-order chi connectivity index (χ0) is 11.0. The van der Waals surface area contributed by atoms with Gasteiger partial charge in [0.25, 0.3) is 0 Å². The van der Waals surface area contributed by atoms with E-state index in [1.807, 2.05) is 24.3 Å². The minimum atomic E-state index is 0.484. The van der Waals surface area contributed by atoms with E-state index < -0.39 is 0 Å². The number of benzene rings is 1. The van der Waals surface area contributed by atoms with Crippen molar-refractivity contribution < 1.29 is 4.52 Å². The summed E-state index contributed by atoms with van der Waals surface area (Å²) in [6, 6.07) is 8.38. The van der Waals surface area contributed by atoms with Gasteiger partial charge in [-0.3, -0.25) is 0 Å². The van der Waals surface area contributed by atoms with Crippen molar-refractivity contribution in [2.24, 2.45) is 0 Å². The standard InChI is InChI=1S/C11H10ClN3O/c12-8-3-1-2-7(6-8)10-14-11(16-15-10)13-9-4-5-9/h1-3,6,9H,4-5H2,(H,13,14,15). The van der Waals surface area contributed by atoms with Gasteiger partial charge in [-0.1, -0.05) is 28.9 Å². The highest BCUT2D eigenvalue weighted by atomic mass is 35.5. The topological polar surface area (TPSA) is 51.0 Å². The molecule has 0 radical (unpaired) electrons.